The molecule has 1 aliphatic rings. The van der Waals surface area contributed by atoms with Gasteiger partial charge < -0.3 is 10.4 Å². The molecule has 0 bridgehead atoms. The molecule has 0 unspecified atom stereocenters. The predicted octanol–water partition coefficient (Wildman–Crippen LogP) is 2.94. The van der Waals surface area contributed by atoms with Crippen LogP contribution in [0.2, 0.25) is 0 Å². The second-order valence-corrected chi connectivity index (χ2v) is 6.71. The standard InChI is InChI=1S/C18H20FN3O3/c1-10-4-5-11(2)15(6-10)22-12(3)14(9-20-22)21-17(25)18(19)7-13(8-18)16(23)24/h4-6,9,13H,7-8H2,1-3H3,(H,21,25)(H,23,24). The third-order valence-electron chi connectivity index (χ3n) is 4.75. The molecule has 1 amide bonds. The number of benzene rings is 1. The van der Waals surface area contributed by atoms with Gasteiger partial charge in [-0.1, -0.05) is 12.1 Å². The summed E-state index contributed by atoms with van der Waals surface area (Å²) in [6, 6.07) is 5.98. The third kappa shape index (κ3) is 3.01. The molecule has 7 heteroatoms. The summed E-state index contributed by atoms with van der Waals surface area (Å²) >= 11 is 0. The Hall–Kier alpha value is -2.70. The van der Waals surface area contributed by atoms with Gasteiger partial charge in [-0.15, -0.1) is 0 Å². The van der Waals surface area contributed by atoms with Gasteiger partial charge in [-0.2, -0.15) is 5.10 Å². The van der Waals surface area contributed by atoms with E-state index in [0.717, 1.165) is 16.8 Å². The molecule has 132 valence electrons. The van der Waals surface area contributed by atoms with Crippen molar-refractivity contribution < 1.29 is 19.1 Å². The van der Waals surface area contributed by atoms with Crippen molar-refractivity contribution in [3.8, 4) is 5.69 Å². The van der Waals surface area contributed by atoms with Crippen LogP contribution in [0.4, 0.5) is 10.1 Å². The molecule has 1 aromatic carbocycles. The molecule has 25 heavy (non-hydrogen) atoms. The Morgan fingerprint density at radius 1 is 1.32 bits per heavy atom. The molecule has 0 spiro atoms. The van der Waals surface area contributed by atoms with Gasteiger partial charge in [0.15, 0.2) is 5.67 Å². The van der Waals surface area contributed by atoms with Crippen molar-refractivity contribution in [3.63, 3.8) is 0 Å². The van der Waals surface area contributed by atoms with Crippen LogP contribution >= 0.6 is 0 Å². The number of nitrogens with zero attached hydrogens (tertiary/aromatic N) is 2. The summed E-state index contributed by atoms with van der Waals surface area (Å²) in [5.74, 6) is -2.68. The Morgan fingerprint density at radius 3 is 2.64 bits per heavy atom. The van der Waals surface area contributed by atoms with Gasteiger partial charge in [-0.3, -0.25) is 9.59 Å². The second kappa shape index (κ2) is 5.98. The number of carboxylic acid groups (broad SMARTS) is 1. The van der Waals surface area contributed by atoms with Crippen LogP contribution in [0.1, 0.15) is 29.7 Å². The number of aliphatic carboxylic acids is 1. The van der Waals surface area contributed by atoms with E-state index in [1.54, 1.807) is 11.6 Å². The van der Waals surface area contributed by atoms with Crippen LogP contribution in [0, 0.1) is 26.7 Å². The number of rotatable bonds is 4. The van der Waals surface area contributed by atoms with Crippen molar-refractivity contribution in [2.24, 2.45) is 5.92 Å². The summed E-state index contributed by atoms with van der Waals surface area (Å²) in [5.41, 5.74) is 1.97. The van der Waals surface area contributed by atoms with Gasteiger partial charge in [-0.25, -0.2) is 9.07 Å². The van der Waals surface area contributed by atoms with Crippen molar-refractivity contribution in [2.75, 3.05) is 5.32 Å². The van der Waals surface area contributed by atoms with Crippen LogP contribution in [-0.4, -0.2) is 32.4 Å². The number of carbonyl (C=O) groups is 2. The quantitative estimate of drug-likeness (QED) is 0.892. The van der Waals surface area contributed by atoms with Gasteiger partial charge in [-0.05, 0) is 38.0 Å². The summed E-state index contributed by atoms with van der Waals surface area (Å²) in [7, 11) is 0. The fourth-order valence-corrected chi connectivity index (χ4v) is 3.04. The zero-order valence-corrected chi connectivity index (χ0v) is 14.3. The largest absolute Gasteiger partial charge is 0.481 e. The van der Waals surface area contributed by atoms with E-state index < -0.39 is 23.5 Å². The highest BCUT2D eigenvalue weighted by Crippen LogP contribution is 2.42. The lowest BCUT2D eigenvalue weighted by molar-refractivity contribution is -0.155. The number of amides is 1. The number of carboxylic acids is 1. The lowest BCUT2D eigenvalue weighted by Gasteiger charge is -2.37. The molecule has 1 saturated carbocycles. The van der Waals surface area contributed by atoms with Crippen molar-refractivity contribution >= 4 is 17.6 Å². The smallest absolute Gasteiger partial charge is 0.306 e. The lowest BCUT2D eigenvalue weighted by Crippen LogP contribution is -2.51. The van der Waals surface area contributed by atoms with Crippen LogP contribution in [0.25, 0.3) is 5.69 Å². The maximum Gasteiger partial charge on any atom is 0.306 e. The number of carbonyl (C=O) groups excluding carboxylic acids is 1. The Balaban J connectivity index is 1.79. The van der Waals surface area contributed by atoms with Gasteiger partial charge in [0, 0.05) is 12.8 Å². The van der Waals surface area contributed by atoms with Gasteiger partial charge in [0.25, 0.3) is 5.91 Å². The maximum absolute atomic E-state index is 14.5. The molecule has 1 fully saturated rings. The summed E-state index contributed by atoms with van der Waals surface area (Å²) < 4.78 is 16.2. The number of nitrogens with one attached hydrogen (secondary N) is 1. The minimum atomic E-state index is -2.13. The zero-order chi connectivity index (χ0) is 18.4. The molecule has 0 radical (unpaired) electrons. The number of hydrogen-bond donors (Lipinski definition) is 2. The number of hydrogen-bond acceptors (Lipinski definition) is 3. The molecular weight excluding hydrogens is 325 g/mol. The van der Waals surface area contributed by atoms with E-state index in [1.807, 2.05) is 32.0 Å². The Labute approximate surface area is 144 Å². The van der Waals surface area contributed by atoms with Crippen LogP contribution in [0.15, 0.2) is 24.4 Å². The van der Waals surface area contributed by atoms with Crippen molar-refractivity contribution in [2.45, 2.75) is 39.3 Å². The highest BCUT2D eigenvalue weighted by molar-refractivity contribution is 5.99. The number of aryl methyl sites for hydroxylation is 2. The SMILES string of the molecule is Cc1ccc(C)c(-n2ncc(NC(=O)C3(F)CC(C(=O)O)C3)c2C)c1. The van der Waals surface area contributed by atoms with Crippen LogP contribution in [0.5, 0.6) is 0 Å². The summed E-state index contributed by atoms with van der Waals surface area (Å²) in [6.45, 7) is 5.73. The fourth-order valence-electron chi connectivity index (χ4n) is 3.04. The molecule has 1 aromatic heterocycles. The second-order valence-electron chi connectivity index (χ2n) is 6.71. The van der Waals surface area contributed by atoms with Crippen LogP contribution in [-0.2, 0) is 9.59 Å². The van der Waals surface area contributed by atoms with Gasteiger partial charge in [0.05, 0.1) is 29.2 Å². The first-order chi connectivity index (χ1) is 11.7. The molecule has 0 aliphatic heterocycles. The van der Waals surface area contributed by atoms with Gasteiger partial charge >= 0.3 is 5.97 Å². The van der Waals surface area contributed by atoms with Crippen molar-refractivity contribution in [1.82, 2.24) is 9.78 Å². The van der Waals surface area contributed by atoms with E-state index in [4.69, 9.17) is 5.11 Å². The summed E-state index contributed by atoms with van der Waals surface area (Å²) in [4.78, 5) is 23.0. The van der Waals surface area contributed by atoms with Crippen molar-refractivity contribution in [1.29, 1.82) is 0 Å². The molecule has 2 N–H and O–H groups in total. The molecular formula is C18H20FN3O3. The Bertz CT molecular complexity index is 853. The molecule has 6 nitrogen and oxygen atoms in total. The minimum absolute atomic E-state index is 0.293. The third-order valence-corrected chi connectivity index (χ3v) is 4.75. The van der Waals surface area contributed by atoms with E-state index in [0.29, 0.717) is 11.4 Å². The average Bonchev–Trinajstić information content (AvgIpc) is 2.87. The Morgan fingerprint density at radius 2 is 2.00 bits per heavy atom. The lowest BCUT2D eigenvalue weighted by atomic mass is 9.71. The molecule has 0 atom stereocenters. The Kier molecular flexibility index (Phi) is 4.10. The first kappa shape index (κ1) is 17.1. The van der Waals surface area contributed by atoms with E-state index in [9.17, 15) is 14.0 Å². The van der Waals surface area contributed by atoms with E-state index >= 15 is 0 Å². The first-order valence-electron chi connectivity index (χ1n) is 8.07. The number of anilines is 1. The molecule has 1 heterocycles. The topological polar surface area (TPSA) is 84.2 Å². The van der Waals surface area contributed by atoms with Gasteiger partial charge in [0.1, 0.15) is 0 Å². The van der Waals surface area contributed by atoms with Crippen molar-refractivity contribution in [3.05, 3.63) is 41.2 Å². The highest BCUT2D eigenvalue weighted by Gasteiger charge is 2.53. The molecule has 2 aromatic rings. The monoisotopic (exact) mass is 345 g/mol. The summed E-state index contributed by atoms with van der Waals surface area (Å²) in [5, 5.41) is 15.7. The zero-order valence-electron chi connectivity index (χ0n) is 14.3. The van der Waals surface area contributed by atoms with E-state index in [-0.39, 0.29) is 12.8 Å². The number of halogens is 1. The average molecular weight is 345 g/mol. The van der Waals surface area contributed by atoms with Gasteiger partial charge in [0.2, 0.25) is 0 Å². The maximum atomic E-state index is 14.5. The first-order valence-corrected chi connectivity index (χ1v) is 8.07. The molecule has 0 saturated heterocycles. The number of aromatic nitrogens is 2. The van der Waals surface area contributed by atoms with Crippen LogP contribution < -0.4 is 5.32 Å². The number of alkyl halides is 1. The summed E-state index contributed by atoms with van der Waals surface area (Å²) in [6.07, 6.45) is 0.891. The van der Waals surface area contributed by atoms with E-state index in [2.05, 4.69) is 10.4 Å². The fraction of sp³-hybridized carbons (Fsp3) is 0.389. The highest BCUT2D eigenvalue weighted by atomic mass is 19.1. The normalized spacial score (nSPS) is 22.3. The van der Waals surface area contributed by atoms with E-state index in [1.165, 1.54) is 6.20 Å². The predicted molar refractivity (Wildman–Crippen MR) is 90.6 cm³/mol. The van der Waals surface area contributed by atoms with Crippen LogP contribution in [0.3, 0.4) is 0 Å². The minimum Gasteiger partial charge on any atom is -0.481 e. The molecule has 1 aliphatic carbocycles. The molecule has 3 rings (SSSR count).